The monoisotopic (exact) mass is 186 g/mol. The van der Waals surface area contributed by atoms with E-state index in [1.165, 1.54) is 6.47 Å². The summed E-state index contributed by atoms with van der Waals surface area (Å²) in [5.74, 6) is 0. The molecular weight excluding hydrogens is 178 g/mol. The van der Waals surface area contributed by atoms with Crippen LogP contribution in [0.4, 0.5) is 0 Å². The third-order valence-corrected chi connectivity index (χ3v) is 2.02. The maximum Gasteiger partial charge on any atom is 0.417 e. The maximum absolute atomic E-state index is 9.94. The molecule has 1 radical (unpaired) electrons. The second kappa shape index (κ2) is 3.87. The average Bonchev–Trinajstić information content (AvgIpc) is 2.26. The van der Waals surface area contributed by atoms with Gasteiger partial charge in [0.2, 0.25) is 0 Å². The molecule has 1 aromatic carbocycles. The van der Waals surface area contributed by atoms with Gasteiger partial charge in [0, 0.05) is 11.6 Å². The molecule has 2 rings (SSSR count). The topological polar surface area (TPSA) is 39.2 Å². The van der Waals surface area contributed by atoms with Crippen LogP contribution in [0.25, 0.3) is 10.8 Å². The van der Waals surface area contributed by atoms with E-state index in [2.05, 4.69) is 9.72 Å². The minimum atomic E-state index is 0.171. The number of carbonyl (C=O) groups excluding carboxylic acids is 1. The lowest BCUT2D eigenvalue weighted by Crippen LogP contribution is -1.94. The summed E-state index contributed by atoms with van der Waals surface area (Å²) in [7, 11) is 0. The van der Waals surface area contributed by atoms with E-state index in [9.17, 15) is 4.79 Å². The first-order chi connectivity index (χ1) is 6.92. The number of fused-ring (bicyclic) bond motifs is 1. The van der Waals surface area contributed by atoms with Crippen LogP contribution in [0.15, 0.2) is 36.5 Å². The van der Waals surface area contributed by atoms with Crippen LogP contribution in [0.2, 0.25) is 0 Å². The molecule has 0 bridgehead atoms. The molecule has 0 aliphatic rings. The molecule has 0 unspecified atom stereocenters. The second-order valence-corrected chi connectivity index (χ2v) is 2.85. The molecule has 0 saturated carbocycles. The van der Waals surface area contributed by atoms with Crippen LogP contribution in [0.3, 0.4) is 0 Å². The zero-order chi connectivity index (χ0) is 9.80. The molecule has 0 spiro atoms. The van der Waals surface area contributed by atoms with E-state index in [1.54, 1.807) is 6.20 Å². The number of benzene rings is 1. The number of nitrogens with zero attached hydrogens (tertiary/aromatic N) is 1. The van der Waals surface area contributed by atoms with E-state index in [4.69, 9.17) is 0 Å². The third kappa shape index (κ3) is 1.57. The Morgan fingerprint density at radius 3 is 3.00 bits per heavy atom. The SMILES string of the molecule is O=[C]OCc1nccc2ccccc12. The van der Waals surface area contributed by atoms with Crippen LogP contribution in [0, 0.1) is 0 Å². The normalized spacial score (nSPS) is 10.0. The van der Waals surface area contributed by atoms with Gasteiger partial charge in [-0.05, 0) is 11.5 Å². The Labute approximate surface area is 81.3 Å². The van der Waals surface area contributed by atoms with E-state index in [0.717, 1.165) is 16.5 Å². The fourth-order valence-corrected chi connectivity index (χ4v) is 1.40. The van der Waals surface area contributed by atoms with Crippen molar-refractivity contribution in [3.8, 4) is 0 Å². The third-order valence-electron chi connectivity index (χ3n) is 2.02. The Kier molecular flexibility index (Phi) is 2.40. The van der Waals surface area contributed by atoms with E-state index < -0.39 is 0 Å². The molecule has 0 N–H and O–H groups in total. The van der Waals surface area contributed by atoms with Gasteiger partial charge in [0.25, 0.3) is 0 Å². The van der Waals surface area contributed by atoms with Crippen molar-refractivity contribution >= 4 is 17.2 Å². The molecule has 0 saturated heterocycles. The molecule has 0 atom stereocenters. The van der Waals surface area contributed by atoms with Crippen molar-refractivity contribution in [2.45, 2.75) is 6.61 Å². The van der Waals surface area contributed by atoms with Crippen LogP contribution in [0.1, 0.15) is 5.69 Å². The van der Waals surface area contributed by atoms with Gasteiger partial charge in [-0.3, -0.25) is 4.98 Å². The first-order valence-corrected chi connectivity index (χ1v) is 4.23. The summed E-state index contributed by atoms with van der Waals surface area (Å²) in [6, 6.07) is 9.75. The summed E-state index contributed by atoms with van der Waals surface area (Å²) >= 11 is 0. The van der Waals surface area contributed by atoms with Gasteiger partial charge in [0.05, 0.1) is 5.69 Å². The molecule has 69 valence electrons. The molecule has 14 heavy (non-hydrogen) atoms. The molecule has 0 fully saturated rings. The van der Waals surface area contributed by atoms with Gasteiger partial charge in [-0.15, -0.1) is 0 Å². The maximum atomic E-state index is 9.94. The van der Waals surface area contributed by atoms with Gasteiger partial charge in [-0.1, -0.05) is 24.3 Å². The zero-order valence-electron chi connectivity index (χ0n) is 7.43. The first-order valence-electron chi connectivity index (χ1n) is 4.23. The fourth-order valence-electron chi connectivity index (χ4n) is 1.40. The number of aromatic nitrogens is 1. The van der Waals surface area contributed by atoms with Crippen molar-refractivity contribution in [2.24, 2.45) is 0 Å². The van der Waals surface area contributed by atoms with Crippen molar-refractivity contribution in [3.63, 3.8) is 0 Å². The van der Waals surface area contributed by atoms with Gasteiger partial charge in [-0.25, -0.2) is 4.79 Å². The fraction of sp³-hybridized carbons (Fsp3) is 0.0909. The molecule has 0 aliphatic heterocycles. The van der Waals surface area contributed by atoms with Crippen molar-refractivity contribution in [2.75, 3.05) is 0 Å². The molecule has 3 heteroatoms. The summed E-state index contributed by atoms with van der Waals surface area (Å²) in [6.45, 7) is 1.56. The van der Waals surface area contributed by atoms with Gasteiger partial charge < -0.3 is 4.74 Å². The molecule has 2 aromatic rings. The van der Waals surface area contributed by atoms with Crippen LogP contribution in [0.5, 0.6) is 0 Å². The van der Waals surface area contributed by atoms with Crippen LogP contribution >= 0.6 is 0 Å². The quantitative estimate of drug-likeness (QED) is 0.733. The number of hydrogen-bond acceptors (Lipinski definition) is 3. The largest absolute Gasteiger partial charge is 0.451 e. The van der Waals surface area contributed by atoms with E-state index in [0.29, 0.717) is 0 Å². The van der Waals surface area contributed by atoms with Crippen molar-refractivity contribution < 1.29 is 9.53 Å². The molecular formula is C11H8NO2. The second-order valence-electron chi connectivity index (χ2n) is 2.85. The highest BCUT2D eigenvalue weighted by Crippen LogP contribution is 2.16. The molecule has 1 heterocycles. The van der Waals surface area contributed by atoms with E-state index in [-0.39, 0.29) is 6.61 Å². The summed E-state index contributed by atoms with van der Waals surface area (Å²) in [5, 5.41) is 2.09. The lowest BCUT2D eigenvalue weighted by Gasteiger charge is -2.02. The lowest BCUT2D eigenvalue weighted by atomic mass is 10.1. The molecule has 0 aliphatic carbocycles. The molecule has 1 aromatic heterocycles. The Morgan fingerprint density at radius 2 is 2.14 bits per heavy atom. The average molecular weight is 186 g/mol. The highest BCUT2D eigenvalue weighted by atomic mass is 16.5. The number of rotatable bonds is 3. The smallest absolute Gasteiger partial charge is 0.417 e. The van der Waals surface area contributed by atoms with Gasteiger partial charge in [0.1, 0.15) is 6.61 Å². The minimum absolute atomic E-state index is 0.171. The summed E-state index contributed by atoms with van der Waals surface area (Å²) in [5.41, 5.74) is 0.756. The Morgan fingerprint density at radius 1 is 1.29 bits per heavy atom. The number of pyridine rings is 1. The van der Waals surface area contributed by atoms with E-state index in [1.807, 2.05) is 30.3 Å². The Hall–Kier alpha value is -1.90. The highest BCUT2D eigenvalue weighted by Gasteiger charge is 2.01. The summed E-state index contributed by atoms with van der Waals surface area (Å²) < 4.78 is 4.56. The van der Waals surface area contributed by atoms with Crippen LogP contribution in [-0.2, 0) is 16.1 Å². The Balaban J connectivity index is 2.48. The first kappa shape index (κ1) is 8.69. The number of hydrogen-bond donors (Lipinski definition) is 0. The molecule has 3 nitrogen and oxygen atoms in total. The van der Waals surface area contributed by atoms with Gasteiger partial charge in [-0.2, -0.15) is 0 Å². The molecule has 0 amide bonds. The van der Waals surface area contributed by atoms with Gasteiger partial charge >= 0.3 is 6.47 Å². The summed E-state index contributed by atoms with van der Waals surface area (Å²) in [4.78, 5) is 14.1. The number of ether oxygens (including phenoxy) is 1. The van der Waals surface area contributed by atoms with Crippen molar-refractivity contribution in [3.05, 3.63) is 42.2 Å². The van der Waals surface area contributed by atoms with E-state index >= 15 is 0 Å². The predicted octanol–water partition coefficient (Wildman–Crippen LogP) is 1.82. The van der Waals surface area contributed by atoms with Crippen molar-refractivity contribution in [1.29, 1.82) is 0 Å². The Bertz CT molecular complexity index is 448. The highest BCUT2D eigenvalue weighted by molar-refractivity contribution is 5.84. The van der Waals surface area contributed by atoms with Crippen LogP contribution < -0.4 is 0 Å². The van der Waals surface area contributed by atoms with Gasteiger partial charge in [0.15, 0.2) is 0 Å². The van der Waals surface area contributed by atoms with Crippen LogP contribution in [-0.4, -0.2) is 11.5 Å². The minimum Gasteiger partial charge on any atom is -0.451 e. The standard InChI is InChI=1S/C11H8NO2/c13-8-14-7-11-10-4-2-1-3-9(10)5-6-12-11/h1-6H,7H2. The lowest BCUT2D eigenvalue weighted by molar-refractivity contribution is 0.264. The predicted molar refractivity (Wildman–Crippen MR) is 52.2 cm³/mol. The van der Waals surface area contributed by atoms with Crippen molar-refractivity contribution in [1.82, 2.24) is 4.98 Å². The summed E-state index contributed by atoms with van der Waals surface area (Å²) in [6.07, 6.45) is 1.70. The zero-order valence-corrected chi connectivity index (χ0v) is 7.43.